The maximum absolute atomic E-state index is 12.9. The van der Waals surface area contributed by atoms with Gasteiger partial charge in [-0.15, -0.1) is 0 Å². The molecule has 0 aromatic heterocycles. The molecule has 3 saturated carbocycles. The SMILES string of the molecule is C=C1CCC[C@]2(C)C[C@H]3OC(=O)[C@H](CN4C[C@]5(C)C[C@H]4CC(C)(C)C5)[C@H]3C[C@@H]12. The van der Waals surface area contributed by atoms with E-state index in [1.165, 1.54) is 44.1 Å². The number of esters is 1. The Hall–Kier alpha value is -0.830. The first-order chi connectivity index (χ1) is 13.1. The lowest BCUT2D eigenvalue weighted by molar-refractivity contribution is -0.146. The van der Waals surface area contributed by atoms with Gasteiger partial charge in [0.25, 0.3) is 0 Å². The Morgan fingerprint density at radius 3 is 2.75 bits per heavy atom. The number of rotatable bonds is 2. The summed E-state index contributed by atoms with van der Waals surface area (Å²) in [5, 5.41) is 0. The molecule has 2 heterocycles. The molecule has 0 amide bonds. The van der Waals surface area contributed by atoms with Gasteiger partial charge in [-0.1, -0.05) is 39.8 Å². The molecule has 0 unspecified atom stereocenters. The van der Waals surface area contributed by atoms with E-state index in [1.54, 1.807) is 0 Å². The van der Waals surface area contributed by atoms with Gasteiger partial charge in [-0.05, 0) is 73.5 Å². The smallest absolute Gasteiger partial charge is 0.310 e. The highest BCUT2D eigenvalue weighted by Crippen LogP contribution is 2.58. The minimum absolute atomic E-state index is 0.0790. The predicted molar refractivity (Wildman–Crippen MR) is 112 cm³/mol. The number of nitrogens with zero attached hydrogens (tertiary/aromatic N) is 1. The Morgan fingerprint density at radius 2 is 1.96 bits per heavy atom. The van der Waals surface area contributed by atoms with Gasteiger partial charge in [0.05, 0.1) is 5.92 Å². The maximum atomic E-state index is 12.9. The largest absolute Gasteiger partial charge is 0.462 e. The Morgan fingerprint density at radius 1 is 1.18 bits per heavy atom. The minimum atomic E-state index is 0.0790. The maximum Gasteiger partial charge on any atom is 0.310 e. The fraction of sp³-hybridized carbons (Fsp3) is 0.880. The van der Waals surface area contributed by atoms with Crippen LogP contribution in [0.5, 0.6) is 0 Å². The van der Waals surface area contributed by atoms with E-state index in [1.807, 2.05) is 0 Å². The first-order valence-corrected chi connectivity index (χ1v) is 11.7. The molecule has 3 aliphatic carbocycles. The number of carbonyl (C=O) groups excluding carboxylic acids is 1. The van der Waals surface area contributed by atoms with Crippen molar-refractivity contribution < 1.29 is 9.53 Å². The van der Waals surface area contributed by atoms with Gasteiger partial charge in [-0.3, -0.25) is 9.69 Å². The molecular formula is C25H39NO2. The van der Waals surface area contributed by atoms with Crippen LogP contribution in [-0.4, -0.2) is 36.1 Å². The summed E-state index contributed by atoms with van der Waals surface area (Å²) in [5.74, 6) is 1.17. The van der Waals surface area contributed by atoms with Crippen molar-refractivity contribution in [3.63, 3.8) is 0 Å². The number of ether oxygens (including phenoxy) is 1. The summed E-state index contributed by atoms with van der Waals surface area (Å²) < 4.78 is 6.02. The van der Waals surface area contributed by atoms with E-state index in [2.05, 4.69) is 39.2 Å². The van der Waals surface area contributed by atoms with Gasteiger partial charge in [0, 0.05) is 25.0 Å². The molecule has 2 saturated heterocycles. The van der Waals surface area contributed by atoms with Crippen LogP contribution in [0.2, 0.25) is 0 Å². The number of hydrogen-bond acceptors (Lipinski definition) is 3. The van der Waals surface area contributed by atoms with Crippen molar-refractivity contribution in [1.82, 2.24) is 4.90 Å². The number of likely N-dealkylation sites (tertiary alicyclic amines) is 1. The third-order valence-corrected chi connectivity index (χ3v) is 9.27. The molecular weight excluding hydrogens is 346 g/mol. The normalized spacial score (nSPS) is 50.2. The third-order valence-electron chi connectivity index (χ3n) is 9.27. The molecule has 5 aliphatic rings. The molecule has 0 radical (unpaired) electrons. The molecule has 0 aromatic rings. The second kappa shape index (κ2) is 6.09. The number of fused-ring (bicyclic) bond motifs is 4. The summed E-state index contributed by atoms with van der Waals surface area (Å²) in [5.41, 5.74) is 2.60. The molecule has 0 N–H and O–H groups in total. The predicted octanol–water partition coefficient (Wildman–Crippen LogP) is 5.20. The van der Waals surface area contributed by atoms with Crippen molar-refractivity contribution in [2.24, 2.45) is 34.0 Å². The zero-order valence-electron chi connectivity index (χ0n) is 18.4. The van der Waals surface area contributed by atoms with Gasteiger partial charge in [0.2, 0.25) is 0 Å². The highest BCUT2D eigenvalue weighted by molar-refractivity contribution is 5.75. The molecule has 0 spiro atoms. The van der Waals surface area contributed by atoms with E-state index in [0.29, 0.717) is 34.1 Å². The van der Waals surface area contributed by atoms with Crippen LogP contribution in [0.1, 0.15) is 79.1 Å². The quantitative estimate of drug-likeness (QED) is 0.483. The molecule has 28 heavy (non-hydrogen) atoms. The van der Waals surface area contributed by atoms with Crippen LogP contribution in [-0.2, 0) is 9.53 Å². The van der Waals surface area contributed by atoms with E-state index in [9.17, 15) is 4.79 Å². The Bertz CT molecular complexity index is 699. The molecule has 2 aliphatic heterocycles. The lowest BCUT2D eigenvalue weighted by Gasteiger charge is -2.50. The van der Waals surface area contributed by atoms with E-state index >= 15 is 0 Å². The Labute approximate surface area is 171 Å². The highest BCUT2D eigenvalue weighted by Gasteiger charge is 2.57. The van der Waals surface area contributed by atoms with Gasteiger partial charge in [0.15, 0.2) is 0 Å². The van der Waals surface area contributed by atoms with Crippen LogP contribution in [0.3, 0.4) is 0 Å². The van der Waals surface area contributed by atoms with Gasteiger partial charge in [-0.25, -0.2) is 0 Å². The van der Waals surface area contributed by atoms with Gasteiger partial charge in [-0.2, -0.15) is 0 Å². The van der Waals surface area contributed by atoms with Gasteiger partial charge in [0.1, 0.15) is 6.10 Å². The van der Waals surface area contributed by atoms with Crippen molar-refractivity contribution >= 4 is 5.97 Å². The van der Waals surface area contributed by atoms with E-state index in [4.69, 9.17) is 4.74 Å². The van der Waals surface area contributed by atoms with Crippen LogP contribution in [0.25, 0.3) is 0 Å². The minimum Gasteiger partial charge on any atom is -0.462 e. The number of carbonyl (C=O) groups is 1. The number of allylic oxidation sites excluding steroid dienone is 1. The van der Waals surface area contributed by atoms with E-state index in [-0.39, 0.29) is 18.0 Å². The van der Waals surface area contributed by atoms with Crippen molar-refractivity contribution in [3.05, 3.63) is 12.2 Å². The lowest BCUT2D eigenvalue weighted by atomic mass is 9.55. The standard InChI is InChI=1S/C25H39NO2/c1-16-7-6-8-25(5)12-21-18(9-20(16)25)19(22(27)28-21)13-26-15-24(4)11-17(26)10-23(2,3)14-24/h17-21H,1,6-15H2,2-5H3/t17-,18-,19-,20+,21-,24-,25-/m1/s1. The second-order valence-corrected chi connectivity index (χ2v) is 12.5. The van der Waals surface area contributed by atoms with Gasteiger partial charge >= 0.3 is 5.97 Å². The average molecular weight is 386 g/mol. The summed E-state index contributed by atoms with van der Waals surface area (Å²) in [6, 6.07) is 0.652. The van der Waals surface area contributed by atoms with Crippen molar-refractivity contribution in [2.75, 3.05) is 13.1 Å². The first-order valence-electron chi connectivity index (χ1n) is 11.7. The average Bonchev–Trinajstić information content (AvgIpc) is 2.97. The van der Waals surface area contributed by atoms with Gasteiger partial charge < -0.3 is 4.74 Å². The lowest BCUT2D eigenvalue weighted by Crippen LogP contribution is -2.46. The zero-order chi connectivity index (χ0) is 19.9. The zero-order valence-corrected chi connectivity index (χ0v) is 18.4. The first kappa shape index (κ1) is 19.2. The molecule has 3 nitrogen and oxygen atoms in total. The fourth-order valence-corrected chi connectivity index (χ4v) is 8.51. The Balaban J connectivity index is 1.34. The Kier molecular flexibility index (Phi) is 4.17. The van der Waals surface area contributed by atoms with Crippen LogP contribution in [0.4, 0.5) is 0 Å². The fourth-order valence-electron chi connectivity index (χ4n) is 8.51. The summed E-state index contributed by atoms with van der Waals surface area (Å²) in [4.78, 5) is 15.6. The van der Waals surface area contributed by atoms with Crippen LogP contribution < -0.4 is 0 Å². The molecule has 156 valence electrons. The molecule has 2 bridgehead atoms. The molecule has 5 fully saturated rings. The third kappa shape index (κ3) is 2.99. The highest BCUT2D eigenvalue weighted by atomic mass is 16.6. The van der Waals surface area contributed by atoms with Crippen molar-refractivity contribution in [3.8, 4) is 0 Å². The van der Waals surface area contributed by atoms with E-state index in [0.717, 1.165) is 25.9 Å². The van der Waals surface area contributed by atoms with Crippen LogP contribution in [0, 0.1) is 34.0 Å². The van der Waals surface area contributed by atoms with Crippen molar-refractivity contribution in [1.29, 1.82) is 0 Å². The van der Waals surface area contributed by atoms with Crippen LogP contribution in [0.15, 0.2) is 12.2 Å². The monoisotopic (exact) mass is 385 g/mol. The second-order valence-electron chi connectivity index (χ2n) is 12.5. The molecule has 3 heteroatoms. The molecule has 5 rings (SSSR count). The van der Waals surface area contributed by atoms with Crippen LogP contribution >= 0.6 is 0 Å². The van der Waals surface area contributed by atoms with Crippen molar-refractivity contribution in [2.45, 2.75) is 91.2 Å². The summed E-state index contributed by atoms with van der Waals surface area (Å²) in [6.45, 7) is 16.3. The summed E-state index contributed by atoms with van der Waals surface area (Å²) >= 11 is 0. The molecule has 0 aromatic carbocycles. The summed E-state index contributed by atoms with van der Waals surface area (Å²) in [6.07, 6.45) is 9.93. The topological polar surface area (TPSA) is 29.5 Å². The molecule has 7 atom stereocenters. The van der Waals surface area contributed by atoms with E-state index < -0.39 is 0 Å². The summed E-state index contributed by atoms with van der Waals surface area (Å²) in [7, 11) is 0. The number of hydrogen-bond donors (Lipinski definition) is 0.